The average molecular weight is 470 g/mol. The molecule has 34 heavy (non-hydrogen) atoms. The van der Waals surface area contributed by atoms with E-state index in [2.05, 4.69) is 25.6 Å². The highest BCUT2D eigenvalue weighted by atomic mass is 19.4. The molecule has 0 aliphatic rings. The molecule has 2 aromatic carbocycles. The molecular weight excluding hydrogens is 449 g/mol. The lowest BCUT2D eigenvalue weighted by Gasteiger charge is -2.09. The van der Waals surface area contributed by atoms with Gasteiger partial charge in [0, 0.05) is 11.5 Å². The van der Waals surface area contributed by atoms with Crippen LogP contribution in [0.5, 0.6) is 5.75 Å². The van der Waals surface area contributed by atoms with Gasteiger partial charge in [0.2, 0.25) is 0 Å². The second kappa shape index (κ2) is 9.00. The molecule has 2 heterocycles. The molecule has 176 valence electrons. The number of aromatic nitrogens is 5. The first-order valence-electron chi connectivity index (χ1n) is 10.3. The minimum Gasteiger partial charge on any atom is -0.493 e. The highest BCUT2D eigenvalue weighted by Crippen LogP contribution is 2.31. The number of methoxy groups -OCH3 is 1. The van der Waals surface area contributed by atoms with E-state index in [1.54, 1.807) is 24.3 Å². The van der Waals surface area contributed by atoms with E-state index in [4.69, 9.17) is 4.74 Å². The molecule has 4 rings (SSSR count). The summed E-state index contributed by atoms with van der Waals surface area (Å²) in [6.45, 7) is 3.95. The van der Waals surface area contributed by atoms with Crippen molar-refractivity contribution in [3.05, 3.63) is 71.8 Å². The molecule has 2 N–H and O–H groups in total. The maximum atomic E-state index is 13.1. The SMILES string of the molecule is COc1cn(-c2cccc(C(F)(F)F)c2)nc1C(=O)Nc1ccccc1-c1n[nH]c(C(C)C)n1. The molecule has 11 heteroatoms. The third-order valence-electron chi connectivity index (χ3n) is 5.02. The Labute approximate surface area is 192 Å². The van der Waals surface area contributed by atoms with Crippen LogP contribution in [0.4, 0.5) is 18.9 Å². The Morgan fingerprint density at radius 3 is 2.59 bits per heavy atom. The molecule has 2 aromatic heterocycles. The molecule has 0 radical (unpaired) electrons. The number of halogens is 3. The number of alkyl halides is 3. The van der Waals surface area contributed by atoms with Crippen molar-refractivity contribution in [2.45, 2.75) is 25.9 Å². The summed E-state index contributed by atoms with van der Waals surface area (Å²) in [4.78, 5) is 17.5. The molecule has 1 amide bonds. The topological polar surface area (TPSA) is 97.7 Å². The first kappa shape index (κ1) is 23.0. The van der Waals surface area contributed by atoms with Crippen molar-refractivity contribution in [3.63, 3.8) is 0 Å². The third-order valence-corrected chi connectivity index (χ3v) is 5.02. The normalized spacial score (nSPS) is 11.6. The van der Waals surface area contributed by atoms with Crippen LogP contribution in [0.1, 0.15) is 41.6 Å². The maximum Gasteiger partial charge on any atom is 0.416 e. The molecule has 0 saturated carbocycles. The van der Waals surface area contributed by atoms with Crippen molar-refractivity contribution < 1.29 is 22.7 Å². The fourth-order valence-corrected chi connectivity index (χ4v) is 3.24. The zero-order valence-electron chi connectivity index (χ0n) is 18.5. The van der Waals surface area contributed by atoms with E-state index in [9.17, 15) is 18.0 Å². The number of carbonyl (C=O) groups is 1. The van der Waals surface area contributed by atoms with E-state index in [0.29, 0.717) is 22.9 Å². The van der Waals surface area contributed by atoms with E-state index in [1.807, 2.05) is 13.8 Å². The van der Waals surface area contributed by atoms with Crippen molar-refractivity contribution in [2.24, 2.45) is 0 Å². The minimum absolute atomic E-state index is 0.0902. The number of amides is 1. The Morgan fingerprint density at radius 2 is 1.91 bits per heavy atom. The van der Waals surface area contributed by atoms with Gasteiger partial charge in [0.25, 0.3) is 5.91 Å². The van der Waals surface area contributed by atoms with E-state index >= 15 is 0 Å². The monoisotopic (exact) mass is 470 g/mol. The van der Waals surface area contributed by atoms with E-state index in [1.165, 1.54) is 30.1 Å². The first-order chi connectivity index (χ1) is 16.2. The molecule has 0 unspecified atom stereocenters. The Kier molecular flexibility index (Phi) is 6.10. The quantitative estimate of drug-likeness (QED) is 0.411. The number of ether oxygens (including phenoxy) is 1. The van der Waals surface area contributed by atoms with E-state index in [-0.39, 0.29) is 23.0 Å². The molecule has 4 aromatic rings. The Bertz CT molecular complexity index is 1330. The largest absolute Gasteiger partial charge is 0.493 e. The van der Waals surface area contributed by atoms with Crippen LogP contribution < -0.4 is 10.1 Å². The summed E-state index contributed by atoms with van der Waals surface area (Å²) in [5, 5.41) is 14.1. The number of benzene rings is 2. The lowest BCUT2D eigenvalue weighted by atomic mass is 10.1. The number of nitrogens with one attached hydrogen (secondary N) is 2. The molecule has 0 aliphatic carbocycles. The van der Waals surface area contributed by atoms with Gasteiger partial charge in [0.05, 0.1) is 30.2 Å². The summed E-state index contributed by atoms with van der Waals surface area (Å²) in [6.07, 6.45) is -3.16. The second-order valence-electron chi connectivity index (χ2n) is 7.74. The molecule has 0 bridgehead atoms. The molecule has 8 nitrogen and oxygen atoms in total. The highest BCUT2D eigenvalue weighted by Gasteiger charge is 2.31. The summed E-state index contributed by atoms with van der Waals surface area (Å²) in [5.41, 5.74) is 0.251. The molecule has 0 aliphatic heterocycles. The number of anilines is 1. The van der Waals surface area contributed by atoms with Crippen LogP contribution in [0.25, 0.3) is 17.1 Å². The van der Waals surface area contributed by atoms with Crippen molar-refractivity contribution in [1.29, 1.82) is 0 Å². The predicted octanol–water partition coefficient (Wildman–Crippen LogP) is 5.06. The van der Waals surface area contributed by atoms with Gasteiger partial charge in [-0.15, -0.1) is 0 Å². The number of nitrogens with zero attached hydrogens (tertiary/aromatic N) is 4. The molecule has 0 spiro atoms. The summed E-state index contributed by atoms with van der Waals surface area (Å²) in [5.74, 6) is 0.771. The minimum atomic E-state index is -4.51. The average Bonchev–Trinajstić information content (AvgIpc) is 3.47. The van der Waals surface area contributed by atoms with Crippen LogP contribution in [0.15, 0.2) is 54.7 Å². The number of carbonyl (C=O) groups excluding carboxylic acids is 1. The Morgan fingerprint density at radius 1 is 1.15 bits per heavy atom. The van der Waals surface area contributed by atoms with Gasteiger partial charge in [-0.05, 0) is 30.3 Å². The zero-order chi connectivity index (χ0) is 24.5. The van der Waals surface area contributed by atoms with Crippen LogP contribution in [-0.4, -0.2) is 38.0 Å². The Hall–Kier alpha value is -4.15. The zero-order valence-corrected chi connectivity index (χ0v) is 18.5. The first-order valence-corrected chi connectivity index (χ1v) is 10.3. The number of aromatic amines is 1. The lowest BCUT2D eigenvalue weighted by molar-refractivity contribution is -0.137. The molecule has 0 saturated heterocycles. The summed E-state index contributed by atoms with van der Waals surface area (Å²) < 4.78 is 45.7. The van der Waals surface area contributed by atoms with Gasteiger partial charge in [-0.3, -0.25) is 9.89 Å². The number of rotatable bonds is 6. The summed E-state index contributed by atoms with van der Waals surface area (Å²) >= 11 is 0. The van der Waals surface area contributed by atoms with E-state index < -0.39 is 17.6 Å². The maximum absolute atomic E-state index is 13.1. The summed E-state index contributed by atoms with van der Waals surface area (Å²) in [7, 11) is 1.35. The molecule has 0 atom stereocenters. The Balaban J connectivity index is 1.65. The number of para-hydroxylation sites is 1. The predicted molar refractivity (Wildman–Crippen MR) is 119 cm³/mol. The van der Waals surface area contributed by atoms with Crippen molar-refractivity contribution in [3.8, 4) is 22.8 Å². The molecule has 0 fully saturated rings. The molecular formula is C23H21F3N6O2. The van der Waals surface area contributed by atoms with Crippen LogP contribution in [0.3, 0.4) is 0 Å². The van der Waals surface area contributed by atoms with Gasteiger partial charge in [0.15, 0.2) is 17.3 Å². The van der Waals surface area contributed by atoms with Crippen molar-refractivity contribution in [1.82, 2.24) is 25.0 Å². The van der Waals surface area contributed by atoms with Gasteiger partial charge in [0.1, 0.15) is 5.82 Å². The van der Waals surface area contributed by atoms with Gasteiger partial charge in [-0.2, -0.15) is 23.4 Å². The number of hydrogen-bond acceptors (Lipinski definition) is 5. The third kappa shape index (κ3) is 4.63. The smallest absolute Gasteiger partial charge is 0.416 e. The van der Waals surface area contributed by atoms with Crippen LogP contribution in [0.2, 0.25) is 0 Å². The van der Waals surface area contributed by atoms with Crippen LogP contribution in [0, 0.1) is 0 Å². The standard InChI is InChI=1S/C23H21F3N6O2/c1-13(2)20-28-21(30-29-20)16-9-4-5-10-17(16)27-22(33)19-18(34-3)12-32(31-19)15-8-6-7-14(11-15)23(24,25)26/h4-13H,1-3H3,(H,27,33)(H,28,29,30). The fourth-order valence-electron chi connectivity index (χ4n) is 3.24. The fraction of sp³-hybridized carbons (Fsp3) is 0.217. The van der Waals surface area contributed by atoms with E-state index in [0.717, 1.165) is 12.1 Å². The lowest BCUT2D eigenvalue weighted by Crippen LogP contribution is -2.15. The highest BCUT2D eigenvalue weighted by molar-refractivity contribution is 6.06. The number of hydrogen-bond donors (Lipinski definition) is 2. The second-order valence-corrected chi connectivity index (χ2v) is 7.74. The number of H-pyrrole nitrogens is 1. The van der Waals surface area contributed by atoms with Gasteiger partial charge < -0.3 is 10.1 Å². The van der Waals surface area contributed by atoms with Crippen LogP contribution in [-0.2, 0) is 6.18 Å². The van der Waals surface area contributed by atoms with Gasteiger partial charge >= 0.3 is 6.18 Å². The van der Waals surface area contributed by atoms with Gasteiger partial charge in [-0.1, -0.05) is 32.0 Å². The van der Waals surface area contributed by atoms with Crippen molar-refractivity contribution in [2.75, 3.05) is 12.4 Å². The van der Waals surface area contributed by atoms with Gasteiger partial charge in [-0.25, -0.2) is 9.67 Å². The van der Waals surface area contributed by atoms with Crippen LogP contribution >= 0.6 is 0 Å². The van der Waals surface area contributed by atoms with Crippen molar-refractivity contribution >= 4 is 11.6 Å². The summed E-state index contributed by atoms with van der Waals surface area (Å²) in [6, 6.07) is 11.6.